The van der Waals surface area contributed by atoms with Crippen LogP contribution in [0.1, 0.15) is 34.8 Å². The molecule has 1 amide bonds. The minimum Gasteiger partial charge on any atom is -0.336 e. The summed E-state index contributed by atoms with van der Waals surface area (Å²) in [6, 6.07) is 15.1. The van der Waals surface area contributed by atoms with Gasteiger partial charge in [-0.15, -0.1) is 0 Å². The van der Waals surface area contributed by atoms with Gasteiger partial charge in [0, 0.05) is 32.7 Å². The van der Waals surface area contributed by atoms with E-state index in [1.807, 2.05) is 6.92 Å². The van der Waals surface area contributed by atoms with Gasteiger partial charge in [0.2, 0.25) is 0 Å². The lowest BCUT2D eigenvalue weighted by atomic mass is 10.1. The Bertz CT molecular complexity index is 932. The summed E-state index contributed by atoms with van der Waals surface area (Å²) in [6.45, 7) is 7.55. The average molecular weight is 401 g/mol. The molecule has 1 aliphatic heterocycles. The van der Waals surface area contributed by atoms with Crippen molar-refractivity contribution in [2.24, 2.45) is 0 Å². The van der Waals surface area contributed by atoms with Crippen LogP contribution in [0.5, 0.6) is 0 Å². The molecular formula is C22H28N2O3S. The van der Waals surface area contributed by atoms with Crippen LogP contribution in [-0.2, 0) is 16.4 Å². The van der Waals surface area contributed by atoms with E-state index in [9.17, 15) is 13.2 Å². The Hall–Kier alpha value is -2.18. The Labute approximate surface area is 167 Å². The molecule has 0 N–H and O–H groups in total. The number of amides is 1. The minimum absolute atomic E-state index is 0.0571. The molecule has 2 aromatic carbocycles. The summed E-state index contributed by atoms with van der Waals surface area (Å²) in [5, 5.41) is 0. The first kappa shape index (κ1) is 20.6. The van der Waals surface area contributed by atoms with Crippen molar-refractivity contribution in [2.45, 2.75) is 31.7 Å². The van der Waals surface area contributed by atoms with E-state index in [2.05, 4.69) is 36.1 Å². The molecule has 0 atom stereocenters. The molecule has 1 fully saturated rings. The van der Waals surface area contributed by atoms with Gasteiger partial charge in [0.25, 0.3) is 5.91 Å². The minimum atomic E-state index is -3.44. The van der Waals surface area contributed by atoms with Gasteiger partial charge in [0.05, 0.1) is 16.2 Å². The maximum absolute atomic E-state index is 13.0. The monoisotopic (exact) mass is 400 g/mol. The van der Waals surface area contributed by atoms with Gasteiger partial charge in [-0.25, -0.2) is 8.42 Å². The van der Waals surface area contributed by atoms with Gasteiger partial charge in [-0.3, -0.25) is 9.69 Å². The number of carbonyl (C=O) groups is 1. The molecule has 0 radical (unpaired) electrons. The van der Waals surface area contributed by atoms with Gasteiger partial charge in [-0.2, -0.15) is 0 Å². The third kappa shape index (κ3) is 4.80. The SMILES string of the molecule is CCCS(=O)(=O)c1ccccc1C(=O)N1CCN(Cc2cccc(C)c2)CC1. The largest absolute Gasteiger partial charge is 0.336 e. The highest BCUT2D eigenvalue weighted by atomic mass is 32.2. The smallest absolute Gasteiger partial charge is 0.255 e. The molecule has 1 saturated heterocycles. The molecule has 6 heteroatoms. The first-order chi connectivity index (χ1) is 13.4. The maximum Gasteiger partial charge on any atom is 0.255 e. The predicted octanol–water partition coefficient (Wildman–Crippen LogP) is 3.14. The summed E-state index contributed by atoms with van der Waals surface area (Å²) in [5.41, 5.74) is 2.81. The number of hydrogen-bond donors (Lipinski definition) is 0. The Morgan fingerprint density at radius 3 is 2.39 bits per heavy atom. The van der Waals surface area contributed by atoms with E-state index in [-0.39, 0.29) is 16.6 Å². The van der Waals surface area contributed by atoms with E-state index >= 15 is 0 Å². The van der Waals surface area contributed by atoms with E-state index in [1.54, 1.807) is 29.2 Å². The second kappa shape index (κ2) is 8.88. The first-order valence-electron chi connectivity index (χ1n) is 9.79. The fourth-order valence-corrected chi connectivity index (χ4v) is 5.18. The lowest BCUT2D eigenvalue weighted by Gasteiger charge is -2.35. The van der Waals surface area contributed by atoms with E-state index < -0.39 is 9.84 Å². The fourth-order valence-electron chi connectivity index (χ4n) is 3.64. The molecular weight excluding hydrogens is 372 g/mol. The molecule has 0 unspecified atom stereocenters. The number of benzene rings is 2. The van der Waals surface area contributed by atoms with E-state index in [0.29, 0.717) is 25.1 Å². The predicted molar refractivity (Wildman–Crippen MR) is 111 cm³/mol. The molecule has 0 spiro atoms. The second-order valence-corrected chi connectivity index (χ2v) is 9.45. The zero-order chi connectivity index (χ0) is 20.1. The van der Waals surface area contributed by atoms with Crippen LogP contribution in [0.4, 0.5) is 0 Å². The van der Waals surface area contributed by atoms with Crippen LogP contribution in [0, 0.1) is 6.92 Å². The fraction of sp³-hybridized carbons (Fsp3) is 0.409. The van der Waals surface area contributed by atoms with Crippen molar-refractivity contribution in [3.8, 4) is 0 Å². The molecule has 3 rings (SSSR count). The Kier molecular flexibility index (Phi) is 6.52. The van der Waals surface area contributed by atoms with Gasteiger partial charge in [0.15, 0.2) is 9.84 Å². The summed E-state index contributed by atoms with van der Waals surface area (Å²) in [5.74, 6) is -0.132. The standard InChI is InChI=1S/C22H28N2O3S/c1-3-15-28(26,27)21-10-5-4-9-20(21)22(25)24-13-11-23(12-14-24)17-19-8-6-7-18(2)16-19/h4-10,16H,3,11-15,17H2,1-2H3. The molecule has 5 nitrogen and oxygen atoms in total. The molecule has 28 heavy (non-hydrogen) atoms. The van der Waals surface area contributed by atoms with Crippen LogP contribution < -0.4 is 0 Å². The zero-order valence-electron chi connectivity index (χ0n) is 16.6. The lowest BCUT2D eigenvalue weighted by Crippen LogP contribution is -2.48. The molecule has 0 aromatic heterocycles. The van der Waals surface area contributed by atoms with Crippen LogP contribution in [0.3, 0.4) is 0 Å². The lowest BCUT2D eigenvalue weighted by molar-refractivity contribution is 0.0624. The van der Waals surface area contributed by atoms with E-state index in [4.69, 9.17) is 0 Å². The van der Waals surface area contributed by atoms with Crippen molar-refractivity contribution < 1.29 is 13.2 Å². The number of sulfone groups is 1. The highest BCUT2D eigenvalue weighted by molar-refractivity contribution is 7.91. The van der Waals surface area contributed by atoms with Crippen molar-refractivity contribution in [2.75, 3.05) is 31.9 Å². The van der Waals surface area contributed by atoms with Gasteiger partial charge in [-0.05, 0) is 31.0 Å². The van der Waals surface area contributed by atoms with Crippen LogP contribution >= 0.6 is 0 Å². The summed E-state index contributed by atoms with van der Waals surface area (Å²) in [6.07, 6.45) is 0.530. The highest BCUT2D eigenvalue weighted by Gasteiger charge is 2.27. The zero-order valence-corrected chi connectivity index (χ0v) is 17.4. The molecule has 1 heterocycles. The summed E-state index contributed by atoms with van der Waals surface area (Å²) in [4.78, 5) is 17.3. The summed E-state index contributed by atoms with van der Waals surface area (Å²) >= 11 is 0. The first-order valence-corrected chi connectivity index (χ1v) is 11.4. The van der Waals surface area contributed by atoms with Crippen LogP contribution in [0.25, 0.3) is 0 Å². The van der Waals surface area contributed by atoms with Gasteiger partial charge < -0.3 is 4.90 Å². The van der Waals surface area contributed by atoms with Gasteiger partial charge >= 0.3 is 0 Å². The quantitative estimate of drug-likeness (QED) is 0.748. The number of nitrogens with zero attached hydrogens (tertiary/aromatic N) is 2. The average Bonchev–Trinajstić information content (AvgIpc) is 2.68. The molecule has 0 aliphatic carbocycles. The highest BCUT2D eigenvalue weighted by Crippen LogP contribution is 2.21. The number of aryl methyl sites for hydroxylation is 1. The normalized spacial score (nSPS) is 15.6. The Balaban J connectivity index is 1.68. The van der Waals surface area contributed by atoms with Crippen LogP contribution in [0.15, 0.2) is 53.4 Å². The molecule has 150 valence electrons. The summed E-state index contributed by atoms with van der Waals surface area (Å²) < 4.78 is 25.1. The number of piperazine rings is 1. The van der Waals surface area contributed by atoms with Crippen LogP contribution in [0.2, 0.25) is 0 Å². The summed E-state index contributed by atoms with van der Waals surface area (Å²) in [7, 11) is -3.44. The molecule has 1 aliphatic rings. The van der Waals surface area contributed by atoms with Crippen molar-refractivity contribution in [3.05, 3.63) is 65.2 Å². The van der Waals surface area contributed by atoms with Crippen molar-refractivity contribution in [1.29, 1.82) is 0 Å². The number of hydrogen-bond acceptors (Lipinski definition) is 4. The van der Waals surface area contributed by atoms with E-state index in [0.717, 1.165) is 19.6 Å². The third-order valence-corrected chi connectivity index (χ3v) is 7.05. The second-order valence-electron chi connectivity index (χ2n) is 7.37. The van der Waals surface area contributed by atoms with Gasteiger partial charge in [-0.1, -0.05) is 48.9 Å². The topological polar surface area (TPSA) is 57.7 Å². The third-order valence-electron chi connectivity index (χ3n) is 5.07. The Morgan fingerprint density at radius 1 is 1.00 bits per heavy atom. The molecule has 0 bridgehead atoms. The van der Waals surface area contributed by atoms with Crippen molar-refractivity contribution in [3.63, 3.8) is 0 Å². The Morgan fingerprint density at radius 2 is 1.71 bits per heavy atom. The van der Waals surface area contributed by atoms with E-state index in [1.165, 1.54) is 11.1 Å². The van der Waals surface area contributed by atoms with Crippen molar-refractivity contribution >= 4 is 15.7 Å². The van der Waals surface area contributed by atoms with Crippen LogP contribution in [-0.4, -0.2) is 56.1 Å². The maximum atomic E-state index is 13.0. The molecule has 0 saturated carbocycles. The number of rotatable bonds is 6. The van der Waals surface area contributed by atoms with Gasteiger partial charge in [0.1, 0.15) is 0 Å². The van der Waals surface area contributed by atoms with Crippen molar-refractivity contribution in [1.82, 2.24) is 9.80 Å². The molecule has 2 aromatic rings. The number of carbonyl (C=O) groups excluding carboxylic acids is 1.